The fraction of sp³-hybridized carbons (Fsp3) is 0.250. The Morgan fingerprint density at radius 3 is 2.87 bits per heavy atom. The second kappa shape index (κ2) is 3.77. The number of aromatic amines is 1. The van der Waals surface area contributed by atoms with Crippen LogP contribution >= 0.6 is 0 Å². The van der Waals surface area contributed by atoms with Gasteiger partial charge < -0.3 is 10.3 Å². The molecule has 0 bridgehead atoms. The summed E-state index contributed by atoms with van der Waals surface area (Å²) in [6.45, 7) is 3.76. The maximum absolute atomic E-state index is 11.6. The van der Waals surface area contributed by atoms with Crippen LogP contribution in [0.25, 0.3) is 10.9 Å². The molecule has 15 heavy (non-hydrogen) atoms. The first-order valence-electron chi connectivity index (χ1n) is 5.05. The summed E-state index contributed by atoms with van der Waals surface area (Å²) in [6.07, 6.45) is 1.87. The van der Waals surface area contributed by atoms with Crippen molar-refractivity contribution in [3.8, 4) is 0 Å². The summed E-state index contributed by atoms with van der Waals surface area (Å²) >= 11 is 0. The van der Waals surface area contributed by atoms with Crippen LogP contribution < -0.4 is 5.32 Å². The van der Waals surface area contributed by atoms with Crippen LogP contribution in [0, 0.1) is 5.92 Å². The number of hydrogen-bond donors (Lipinski definition) is 2. The molecule has 0 spiro atoms. The lowest BCUT2D eigenvalue weighted by Gasteiger charge is -2.08. The van der Waals surface area contributed by atoms with Gasteiger partial charge in [-0.15, -0.1) is 0 Å². The minimum absolute atomic E-state index is 0.00443. The standard InChI is InChI=1S/C12H14N2O/c1-8(2)12(15)14-10-5-3-4-9-6-7-13-11(9)10/h3-8,13H,1-2H3,(H,14,15). The van der Waals surface area contributed by atoms with Gasteiger partial charge in [-0.05, 0) is 12.1 Å². The van der Waals surface area contributed by atoms with Crippen LogP contribution in [0.2, 0.25) is 0 Å². The first-order valence-corrected chi connectivity index (χ1v) is 5.05. The van der Waals surface area contributed by atoms with Gasteiger partial charge in [0.25, 0.3) is 0 Å². The van der Waals surface area contributed by atoms with Gasteiger partial charge >= 0.3 is 0 Å². The van der Waals surface area contributed by atoms with Gasteiger partial charge in [-0.2, -0.15) is 0 Å². The quantitative estimate of drug-likeness (QED) is 0.772. The van der Waals surface area contributed by atoms with E-state index in [4.69, 9.17) is 0 Å². The molecule has 2 N–H and O–H groups in total. The third-order valence-electron chi connectivity index (χ3n) is 2.37. The van der Waals surface area contributed by atoms with E-state index in [9.17, 15) is 4.79 Å². The van der Waals surface area contributed by atoms with Crippen molar-refractivity contribution in [2.24, 2.45) is 5.92 Å². The summed E-state index contributed by atoms with van der Waals surface area (Å²) in [5.74, 6) is 0.0346. The van der Waals surface area contributed by atoms with Gasteiger partial charge in [0.2, 0.25) is 5.91 Å². The molecule has 1 amide bonds. The second-order valence-electron chi connectivity index (χ2n) is 3.89. The number of rotatable bonds is 2. The highest BCUT2D eigenvalue weighted by Gasteiger charge is 2.09. The number of hydrogen-bond acceptors (Lipinski definition) is 1. The SMILES string of the molecule is CC(C)C(=O)Nc1cccc2cc[nH]c12. The molecular weight excluding hydrogens is 188 g/mol. The zero-order valence-corrected chi connectivity index (χ0v) is 8.87. The fourth-order valence-corrected chi connectivity index (χ4v) is 1.47. The van der Waals surface area contributed by atoms with Gasteiger partial charge in [0, 0.05) is 17.5 Å². The summed E-state index contributed by atoms with van der Waals surface area (Å²) in [4.78, 5) is 14.7. The molecule has 0 aliphatic rings. The number of benzene rings is 1. The van der Waals surface area contributed by atoms with E-state index in [1.165, 1.54) is 0 Å². The highest BCUT2D eigenvalue weighted by molar-refractivity contribution is 6.01. The Balaban J connectivity index is 2.35. The molecule has 0 aliphatic carbocycles. The number of carbonyl (C=O) groups excluding carboxylic acids is 1. The summed E-state index contributed by atoms with van der Waals surface area (Å²) in [5.41, 5.74) is 1.82. The molecule has 78 valence electrons. The fourth-order valence-electron chi connectivity index (χ4n) is 1.47. The highest BCUT2D eigenvalue weighted by Crippen LogP contribution is 2.21. The van der Waals surface area contributed by atoms with E-state index in [1.54, 1.807) is 0 Å². The first kappa shape index (κ1) is 9.77. The van der Waals surface area contributed by atoms with Crippen molar-refractivity contribution in [3.05, 3.63) is 30.5 Å². The Kier molecular flexibility index (Phi) is 2.46. The normalized spacial score (nSPS) is 10.9. The maximum atomic E-state index is 11.6. The van der Waals surface area contributed by atoms with Gasteiger partial charge in [-0.25, -0.2) is 0 Å². The zero-order valence-electron chi connectivity index (χ0n) is 8.87. The van der Waals surface area contributed by atoms with E-state index < -0.39 is 0 Å². The molecule has 2 aromatic rings. The Bertz CT molecular complexity index is 485. The zero-order chi connectivity index (χ0) is 10.8. The van der Waals surface area contributed by atoms with E-state index in [-0.39, 0.29) is 11.8 Å². The molecule has 3 nitrogen and oxygen atoms in total. The lowest BCUT2D eigenvalue weighted by Crippen LogP contribution is -2.17. The molecule has 0 radical (unpaired) electrons. The lowest BCUT2D eigenvalue weighted by atomic mass is 10.2. The van der Waals surface area contributed by atoms with Crippen molar-refractivity contribution < 1.29 is 4.79 Å². The minimum Gasteiger partial charge on any atom is -0.359 e. The van der Waals surface area contributed by atoms with Crippen LogP contribution in [0.4, 0.5) is 5.69 Å². The highest BCUT2D eigenvalue weighted by atomic mass is 16.1. The Hall–Kier alpha value is -1.77. The molecule has 1 heterocycles. The number of H-pyrrole nitrogens is 1. The number of amides is 1. The van der Waals surface area contributed by atoms with Crippen molar-refractivity contribution in [2.75, 3.05) is 5.32 Å². The Labute approximate surface area is 88.5 Å². The van der Waals surface area contributed by atoms with Crippen molar-refractivity contribution in [1.82, 2.24) is 4.98 Å². The maximum Gasteiger partial charge on any atom is 0.226 e. The molecule has 0 unspecified atom stereocenters. The number of para-hydroxylation sites is 1. The number of carbonyl (C=O) groups is 1. The van der Waals surface area contributed by atoms with Gasteiger partial charge in [-0.3, -0.25) is 4.79 Å². The number of aromatic nitrogens is 1. The molecule has 0 aliphatic heterocycles. The number of fused-ring (bicyclic) bond motifs is 1. The summed E-state index contributed by atoms with van der Waals surface area (Å²) in [7, 11) is 0. The van der Waals surface area contributed by atoms with Gasteiger partial charge in [0.1, 0.15) is 0 Å². The van der Waals surface area contributed by atoms with Crippen LogP contribution in [-0.4, -0.2) is 10.9 Å². The van der Waals surface area contributed by atoms with Crippen molar-refractivity contribution in [2.45, 2.75) is 13.8 Å². The van der Waals surface area contributed by atoms with Crippen molar-refractivity contribution in [3.63, 3.8) is 0 Å². The average molecular weight is 202 g/mol. The summed E-state index contributed by atoms with van der Waals surface area (Å²) in [6, 6.07) is 7.84. The Morgan fingerprint density at radius 2 is 2.13 bits per heavy atom. The second-order valence-corrected chi connectivity index (χ2v) is 3.89. The van der Waals surface area contributed by atoms with Crippen LogP contribution in [-0.2, 0) is 4.79 Å². The average Bonchev–Trinajstić information content (AvgIpc) is 2.66. The van der Waals surface area contributed by atoms with Crippen LogP contribution in [0.1, 0.15) is 13.8 Å². The number of nitrogens with one attached hydrogen (secondary N) is 2. The van der Waals surface area contributed by atoms with Gasteiger partial charge in [-0.1, -0.05) is 26.0 Å². The molecule has 3 heteroatoms. The Morgan fingerprint density at radius 1 is 1.33 bits per heavy atom. The van der Waals surface area contributed by atoms with Crippen molar-refractivity contribution >= 4 is 22.5 Å². The van der Waals surface area contributed by atoms with Gasteiger partial charge in [0.05, 0.1) is 11.2 Å². The van der Waals surface area contributed by atoms with Crippen molar-refractivity contribution in [1.29, 1.82) is 0 Å². The summed E-state index contributed by atoms with van der Waals surface area (Å²) < 4.78 is 0. The predicted octanol–water partition coefficient (Wildman–Crippen LogP) is 2.76. The molecule has 1 aromatic carbocycles. The molecule has 0 saturated carbocycles. The monoisotopic (exact) mass is 202 g/mol. The largest absolute Gasteiger partial charge is 0.359 e. The predicted molar refractivity (Wildman–Crippen MR) is 61.8 cm³/mol. The van der Waals surface area contributed by atoms with Crippen LogP contribution in [0.3, 0.4) is 0 Å². The number of anilines is 1. The first-order chi connectivity index (χ1) is 7.18. The van der Waals surface area contributed by atoms with E-state index in [2.05, 4.69) is 10.3 Å². The van der Waals surface area contributed by atoms with E-state index in [0.29, 0.717) is 0 Å². The molecule has 1 aromatic heterocycles. The van der Waals surface area contributed by atoms with E-state index in [1.807, 2.05) is 44.3 Å². The van der Waals surface area contributed by atoms with Crippen LogP contribution in [0.5, 0.6) is 0 Å². The lowest BCUT2D eigenvalue weighted by molar-refractivity contribution is -0.118. The van der Waals surface area contributed by atoms with E-state index >= 15 is 0 Å². The molecule has 2 rings (SSSR count). The molecule has 0 fully saturated rings. The minimum atomic E-state index is -0.00443. The van der Waals surface area contributed by atoms with Crippen LogP contribution in [0.15, 0.2) is 30.5 Å². The summed E-state index contributed by atoms with van der Waals surface area (Å²) in [5, 5.41) is 4.01. The van der Waals surface area contributed by atoms with E-state index in [0.717, 1.165) is 16.6 Å². The smallest absolute Gasteiger partial charge is 0.226 e. The molecular formula is C12H14N2O. The third kappa shape index (κ3) is 1.86. The van der Waals surface area contributed by atoms with Gasteiger partial charge in [0.15, 0.2) is 0 Å². The topological polar surface area (TPSA) is 44.9 Å². The molecule has 0 saturated heterocycles. The molecule has 0 atom stereocenters. The third-order valence-corrected chi connectivity index (χ3v) is 2.37.